The fourth-order valence-electron chi connectivity index (χ4n) is 1.92. The molecule has 0 bridgehead atoms. The van der Waals surface area contributed by atoms with Crippen molar-refractivity contribution < 1.29 is 14.2 Å². The molecule has 0 aliphatic heterocycles. The molecule has 0 saturated carbocycles. The number of ether oxygens (including phenoxy) is 3. The van der Waals surface area contributed by atoms with Gasteiger partial charge in [0.1, 0.15) is 5.75 Å². The predicted molar refractivity (Wildman–Crippen MR) is 83.8 cm³/mol. The summed E-state index contributed by atoms with van der Waals surface area (Å²) in [7, 11) is 4.90. The molecule has 0 aliphatic carbocycles. The molecular formula is C17H19NO3. The Balaban J connectivity index is 2.03. The smallest absolute Gasteiger partial charge is 0.161 e. The second kappa shape index (κ2) is 7.33. The molecule has 110 valence electrons. The van der Waals surface area contributed by atoms with Gasteiger partial charge in [-0.3, -0.25) is 4.99 Å². The monoisotopic (exact) mass is 285 g/mol. The van der Waals surface area contributed by atoms with Crippen LogP contribution in [0.1, 0.15) is 11.1 Å². The largest absolute Gasteiger partial charge is 0.497 e. The molecule has 0 fully saturated rings. The summed E-state index contributed by atoms with van der Waals surface area (Å²) < 4.78 is 15.6. The van der Waals surface area contributed by atoms with Gasteiger partial charge in [0.05, 0.1) is 27.9 Å². The van der Waals surface area contributed by atoms with Crippen LogP contribution in [0.3, 0.4) is 0 Å². The van der Waals surface area contributed by atoms with E-state index in [1.165, 1.54) is 0 Å². The number of rotatable bonds is 6. The Kier molecular flexibility index (Phi) is 5.21. The lowest BCUT2D eigenvalue weighted by Crippen LogP contribution is -1.92. The molecule has 2 aromatic rings. The summed E-state index contributed by atoms with van der Waals surface area (Å²) in [5.41, 5.74) is 2.11. The van der Waals surface area contributed by atoms with Crippen molar-refractivity contribution in [2.75, 3.05) is 21.3 Å². The first-order valence-corrected chi connectivity index (χ1v) is 6.61. The minimum absolute atomic E-state index is 0.623. The van der Waals surface area contributed by atoms with Gasteiger partial charge in [-0.15, -0.1) is 0 Å². The minimum Gasteiger partial charge on any atom is -0.497 e. The van der Waals surface area contributed by atoms with Crippen LogP contribution in [0.4, 0.5) is 0 Å². The van der Waals surface area contributed by atoms with E-state index in [2.05, 4.69) is 4.99 Å². The van der Waals surface area contributed by atoms with Crippen molar-refractivity contribution in [2.24, 2.45) is 4.99 Å². The number of methoxy groups -OCH3 is 3. The maximum atomic E-state index is 5.27. The Morgan fingerprint density at radius 2 is 1.57 bits per heavy atom. The van der Waals surface area contributed by atoms with E-state index in [4.69, 9.17) is 14.2 Å². The van der Waals surface area contributed by atoms with E-state index in [9.17, 15) is 0 Å². The van der Waals surface area contributed by atoms with Crippen molar-refractivity contribution in [1.82, 2.24) is 0 Å². The van der Waals surface area contributed by atoms with Crippen molar-refractivity contribution in [3.05, 3.63) is 53.6 Å². The van der Waals surface area contributed by atoms with E-state index in [0.29, 0.717) is 18.0 Å². The zero-order valence-electron chi connectivity index (χ0n) is 12.5. The van der Waals surface area contributed by atoms with Crippen LogP contribution in [0.25, 0.3) is 0 Å². The third-order valence-electron chi connectivity index (χ3n) is 3.08. The molecule has 0 unspecified atom stereocenters. The molecule has 4 heteroatoms. The molecule has 0 amide bonds. The molecule has 4 nitrogen and oxygen atoms in total. The first-order valence-electron chi connectivity index (χ1n) is 6.61. The number of hydrogen-bond donors (Lipinski definition) is 0. The Labute approximate surface area is 125 Å². The molecular weight excluding hydrogens is 266 g/mol. The van der Waals surface area contributed by atoms with Crippen LogP contribution in [0, 0.1) is 0 Å². The van der Waals surface area contributed by atoms with E-state index in [1.54, 1.807) is 21.3 Å². The highest BCUT2D eigenvalue weighted by atomic mass is 16.5. The van der Waals surface area contributed by atoms with Crippen LogP contribution in [0.15, 0.2) is 47.5 Å². The highest BCUT2D eigenvalue weighted by molar-refractivity contribution is 5.80. The summed E-state index contributed by atoms with van der Waals surface area (Å²) >= 11 is 0. The fraction of sp³-hybridized carbons (Fsp3) is 0.235. The van der Waals surface area contributed by atoms with Crippen LogP contribution in [0.2, 0.25) is 0 Å². The second-order valence-electron chi connectivity index (χ2n) is 4.43. The molecule has 21 heavy (non-hydrogen) atoms. The van der Waals surface area contributed by atoms with Gasteiger partial charge in [0.15, 0.2) is 11.5 Å². The molecule has 2 rings (SSSR count). The van der Waals surface area contributed by atoms with E-state index in [1.807, 2.05) is 48.7 Å². The zero-order chi connectivity index (χ0) is 15.1. The molecule has 0 atom stereocenters. The molecule has 0 N–H and O–H groups in total. The Morgan fingerprint density at radius 1 is 0.857 bits per heavy atom. The maximum absolute atomic E-state index is 5.27. The van der Waals surface area contributed by atoms with Gasteiger partial charge in [0.2, 0.25) is 0 Å². The van der Waals surface area contributed by atoms with E-state index in [0.717, 1.165) is 16.9 Å². The van der Waals surface area contributed by atoms with Crippen LogP contribution in [-0.4, -0.2) is 27.5 Å². The van der Waals surface area contributed by atoms with E-state index >= 15 is 0 Å². The van der Waals surface area contributed by atoms with Gasteiger partial charge in [-0.1, -0.05) is 12.1 Å². The maximum Gasteiger partial charge on any atom is 0.161 e. The fourth-order valence-corrected chi connectivity index (χ4v) is 1.92. The van der Waals surface area contributed by atoms with Crippen LogP contribution < -0.4 is 14.2 Å². The zero-order valence-corrected chi connectivity index (χ0v) is 12.5. The molecule has 0 spiro atoms. The summed E-state index contributed by atoms with van der Waals surface area (Å²) in [4.78, 5) is 4.44. The molecule has 0 aliphatic rings. The van der Waals surface area contributed by atoms with Gasteiger partial charge < -0.3 is 14.2 Å². The van der Waals surface area contributed by atoms with Crippen molar-refractivity contribution in [2.45, 2.75) is 6.54 Å². The molecule has 0 radical (unpaired) electrons. The number of hydrogen-bond acceptors (Lipinski definition) is 4. The Hall–Kier alpha value is -2.49. The molecule has 2 aromatic carbocycles. The number of nitrogens with zero attached hydrogens (tertiary/aromatic N) is 1. The van der Waals surface area contributed by atoms with Gasteiger partial charge in [0.25, 0.3) is 0 Å². The first kappa shape index (κ1) is 14.9. The molecule has 0 aromatic heterocycles. The van der Waals surface area contributed by atoms with Gasteiger partial charge in [-0.2, -0.15) is 0 Å². The predicted octanol–water partition coefficient (Wildman–Crippen LogP) is 3.33. The minimum atomic E-state index is 0.623. The lowest BCUT2D eigenvalue weighted by Gasteiger charge is -2.07. The molecule has 0 saturated heterocycles. The van der Waals surface area contributed by atoms with Crippen LogP contribution in [0.5, 0.6) is 17.2 Å². The number of benzene rings is 2. The molecule has 0 heterocycles. The summed E-state index contributed by atoms with van der Waals surface area (Å²) in [6, 6.07) is 13.6. The third kappa shape index (κ3) is 3.99. The van der Waals surface area contributed by atoms with Gasteiger partial charge in [-0.05, 0) is 41.5 Å². The van der Waals surface area contributed by atoms with Crippen molar-refractivity contribution in [1.29, 1.82) is 0 Å². The van der Waals surface area contributed by atoms with Crippen molar-refractivity contribution in [3.63, 3.8) is 0 Å². The highest BCUT2D eigenvalue weighted by Crippen LogP contribution is 2.26. The summed E-state index contributed by atoms with van der Waals surface area (Å²) in [5.74, 6) is 2.26. The van der Waals surface area contributed by atoms with Crippen LogP contribution in [-0.2, 0) is 6.54 Å². The van der Waals surface area contributed by atoms with Gasteiger partial charge >= 0.3 is 0 Å². The highest BCUT2D eigenvalue weighted by Gasteiger charge is 2.02. The second-order valence-corrected chi connectivity index (χ2v) is 4.43. The average molecular weight is 285 g/mol. The average Bonchev–Trinajstić information content (AvgIpc) is 2.55. The third-order valence-corrected chi connectivity index (χ3v) is 3.08. The Bertz CT molecular complexity index is 606. The van der Waals surface area contributed by atoms with Gasteiger partial charge in [-0.25, -0.2) is 0 Å². The SMILES string of the molecule is COc1ccc(CN=Cc2ccc(OC)c(OC)c2)cc1. The Morgan fingerprint density at radius 3 is 2.19 bits per heavy atom. The summed E-state index contributed by atoms with van der Waals surface area (Å²) in [6.45, 7) is 0.623. The van der Waals surface area contributed by atoms with Crippen molar-refractivity contribution >= 4 is 6.21 Å². The number of aliphatic imine (C=N–C) groups is 1. The van der Waals surface area contributed by atoms with E-state index < -0.39 is 0 Å². The van der Waals surface area contributed by atoms with Crippen LogP contribution >= 0.6 is 0 Å². The lowest BCUT2D eigenvalue weighted by molar-refractivity contribution is 0.355. The quantitative estimate of drug-likeness (QED) is 0.764. The topological polar surface area (TPSA) is 40.0 Å². The summed E-state index contributed by atoms with van der Waals surface area (Å²) in [6.07, 6.45) is 1.83. The first-order chi connectivity index (χ1) is 10.3. The lowest BCUT2D eigenvalue weighted by atomic mass is 10.2. The van der Waals surface area contributed by atoms with Crippen molar-refractivity contribution in [3.8, 4) is 17.2 Å². The summed E-state index contributed by atoms with van der Waals surface area (Å²) in [5, 5.41) is 0. The standard InChI is InChI=1S/C17H19NO3/c1-19-15-7-4-13(5-8-15)11-18-12-14-6-9-16(20-2)17(10-14)21-3/h4-10,12H,11H2,1-3H3. The van der Waals surface area contributed by atoms with Gasteiger partial charge in [0, 0.05) is 6.21 Å². The normalized spacial score (nSPS) is 10.6. The van der Waals surface area contributed by atoms with E-state index in [-0.39, 0.29) is 0 Å².